The Morgan fingerprint density at radius 1 is 1.29 bits per heavy atom. The zero-order valence-corrected chi connectivity index (χ0v) is 12.1. The van der Waals surface area contributed by atoms with Crippen LogP contribution in [0.1, 0.15) is 41.6 Å². The molecule has 1 aromatic carbocycles. The van der Waals surface area contributed by atoms with E-state index in [-0.39, 0.29) is 29.1 Å². The number of para-hydroxylation sites is 1. The Morgan fingerprint density at radius 3 is 2.71 bits per heavy atom. The van der Waals surface area contributed by atoms with Crippen molar-refractivity contribution in [3.63, 3.8) is 0 Å². The van der Waals surface area contributed by atoms with Gasteiger partial charge in [0.05, 0.1) is 11.5 Å². The molecule has 1 saturated carbocycles. The minimum Gasteiger partial charge on any atom is -0.507 e. The molecule has 0 bridgehead atoms. The molecule has 2 atom stereocenters. The van der Waals surface area contributed by atoms with Crippen LogP contribution in [0.15, 0.2) is 18.2 Å². The number of carboxylic acids is 1. The zero-order valence-electron chi connectivity index (χ0n) is 12.1. The second-order valence-corrected chi connectivity index (χ2v) is 5.67. The van der Waals surface area contributed by atoms with Gasteiger partial charge in [-0.05, 0) is 37.3 Å². The quantitative estimate of drug-likeness (QED) is 0.794. The number of carboxylic acid groups (broad SMARTS) is 1. The third-order valence-corrected chi connectivity index (χ3v) is 4.23. The second kappa shape index (κ2) is 6.61. The van der Waals surface area contributed by atoms with Gasteiger partial charge < -0.3 is 15.5 Å². The van der Waals surface area contributed by atoms with Gasteiger partial charge in [0.25, 0.3) is 5.91 Å². The highest BCUT2D eigenvalue weighted by molar-refractivity contribution is 5.97. The molecule has 2 rings (SSSR count). The first-order valence-electron chi connectivity index (χ1n) is 7.30. The van der Waals surface area contributed by atoms with E-state index in [1.54, 1.807) is 25.1 Å². The van der Waals surface area contributed by atoms with Crippen LogP contribution in [0, 0.1) is 18.8 Å². The van der Waals surface area contributed by atoms with Crippen molar-refractivity contribution in [3.05, 3.63) is 29.3 Å². The van der Waals surface area contributed by atoms with E-state index in [0.29, 0.717) is 18.5 Å². The Hall–Kier alpha value is -2.04. The van der Waals surface area contributed by atoms with Crippen molar-refractivity contribution in [1.82, 2.24) is 5.32 Å². The molecule has 0 aliphatic heterocycles. The lowest BCUT2D eigenvalue weighted by atomic mass is 9.79. The van der Waals surface area contributed by atoms with E-state index in [0.717, 1.165) is 19.3 Å². The van der Waals surface area contributed by atoms with Gasteiger partial charge in [0.1, 0.15) is 5.75 Å². The lowest BCUT2D eigenvalue weighted by Crippen LogP contribution is -2.37. The highest BCUT2D eigenvalue weighted by Crippen LogP contribution is 2.30. The Kier molecular flexibility index (Phi) is 4.83. The summed E-state index contributed by atoms with van der Waals surface area (Å²) in [5.74, 6) is -1.58. The third-order valence-electron chi connectivity index (χ3n) is 4.23. The average Bonchev–Trinajstić information content (AvgIpc) is 2.47. The molecule has 1 aromatic rings. The summed E-state index contributed by atoms with van der Waals surface area (Å²) < 4.78 is 0. The molecule has 1 amide bonds. The van der Waals surface area contributed by atoms with Crippen LogP contribution in [0.25, 0.3) is 0 Å². The minimum atomic E-state index is -0.785. The van der Waals surface area contributed by atoms with E-state index in [1.807, 2.05) is 0 Å². The van der Waals surface area contributed by atoms with Crippen molar-refractivity contribution in [1.29, 1.82) is 0 Å². The Morgan fingerprint density at radius 2 is 2.00 bits per heavy atom. The van der Waals surface area contributed by atoms with Crippen LogP contribution in [0.5, 0.6) is 5.75 Å². The molecule has 1 aliphatic rings. The zero-order chi connectivity index (χ0) is 15.4. The van der Waals surface area contributed by atoms with Gasteiger partial charge in [-0.2, -0.15) is 0 Å². The summed E-state index contributed by atoms with van der Waals surface area (Å²) in [7, 11) is 0. The predicted octanol–water partition coefficient (Wildman–Crippen LogP) is 2.32. The molecule has 0 radical (unpaired) electrons. The molecule has 2 unspecified atom stereocenters. The Balaban J connectivity index is 2.00. The van der Waals surface area contributed by atoms with Crippen molar-refractivity contribution in [3.8, 4) is 5.75 Å². The highest BCUT2D eigenvalue weighted by atomic mass is 16.4. The molecular weight excluding hydrogens is 270 g/mol. The van der Waals surface area contributed by atoms with E-state index >= 15 is 0 Å². The first kappa shape index (κ1) is 15.4. The van der Waals surface area contributed by atoms with Gasteiger partial charge in [0.2, 0.25) is 0 Å². The first-order chi connectivity index (χ1) is 10.0. The van der Waals surface area contributed by atoms with Gasteiger partial charge >= 0.3 is 5.97 Å². The summed E-state index contributed by atoms with van der Waals surface area (Å²) in [5.41, 5.74) is 0.876. The monoisotopic (exact) mass is 291 g/mol. The summed E-state index contributed by atoms with van der Waals surface area (Å²) in [6.07, 6.45) is 3.42. The molecule has 21 heavy (non-hydrogen) atoms. The topological polar surface area (TPSA) is 86.6 Å². The molecule has 5 heteroatoms. The number of hydrogen-bond acceptors (Lipinski definition) is 3. The fraction of sp³-hybridized carbons (Fsp3) is 0.500. The number of carbonyl (C=O) groups excluding carboxylic acids is 1. The smallest absolute Gasteiger partial charge is 0.306 e. The van der Waals surface area contributed by atoms with Crippen LogP contribution in [0.2, 0.25) is 0 Å². The molecule has 114 valence electrons. The van der Waals surface area contributed by atoms with Gasteiger partial charge in [-0.3, -0.25) is 9.59 Å². The summed E-state index contributed by atoms with van der Waals surface area (Å²) >= 11 is 0. The number of hydrogen-bond donors (Lipinski definition) is 3. The minimum absolute atomic E-state index is 0.0200. The molecule has 1 aliphatic carbocycles. The van der Waals surface area contributed by atoms with Gasteiger partial charge in [-0.15, -0.1) is 0 Å². The van der Waals surface area contributed by atoms with E-state index < -0.39 is 5.97 Å². The molecule has 0 aromatic heterocycles. The number of carbonyl (C=O) groups is 2. The summed E-state index contributed by atoms with van der Waals surface area (Å²) in [4.78, 5) is 23.3. The SMILES string of the molecule is Cc1cccc(C(=O)NCC2CCCCC2C(=O)O)c1O. The van der Waals surface area contributed by atoms with E-state index in [4.69, 9.17) is 0 Å². The van der Waals surface area contributed by atoms with E-state index in [9.17, 15) is 19.8 Å². The lowest BCUT2D eigenvalue weighted by molar-refractivity contribution is -0.144. The number of amides is 1. The van der Waals surface area contributed by atoms with Gasteiger partial charge in [0.15, 0.2) is 0 Å². The Labute approximate surface area is 124 Å². The van der Waals surface area contributed by atoms with Crippen molar-refractivity contribution in [2.24, 2.45) is 11.8 Å². The molecule has 0 spiro atoms. The number of aromatic hydroxyl groups is 1. The maximum absolute atomic E-state index is 12.1. The van der Waals surface area contributed by atoms with Crippen molar-refractivity contribution in [2.45, 2.75) is 32.6 Å². The normalized spacial score (nSPS) is 21.8. The van der Waals surface area contributed by atoms with E-state index in [1.165, 1.54) is 0 Å². The molecule has 5 nitrogen and oxygen atoms in total. The lowest BCUT2D eigenvalue weighted by Gasteiger charge is -2.28. The standard InChI is InChI=1S/C16H21NO4/c1-10-5-4-8-13(14(10)18)15(19)17-9-11-6-2-3-7-12(11)16(20)21/h4-5,8,11-12,18H,2-3,6-7,9H2,1H3,(H,17,19)(H,20,21). The van der Waals surface area contributed by atoms with Crippen molar-refractivity contribution < 1.29 is 19.8 Å². The van der Waals surface area contributed by atoms with Gasteiger partial charge in [0, 0.05) is 6.54 Å². The third kappa shape index (κ3) is 3.54. The second-order valence-electron chi connectivity index (χ2n) is 5.67. The first-order valence-corrected chi connectivity index (χ1v) is 7.30. The van der Waals surface area contributed by atoms with Crippen LogP contribution in [-0.2, 0) is 4.79 Å². The largest absolute Gasteiger partial charge is 0.507 e. The summed E-state index contributed by atoms with van der Waals surface area (Å²) in [5, 5.41) is 21.9. The number of aliphatic carboxylic acids is 1. The predicted molar refractivity (Wildman–Crippen MR) is 78.3 cm³/mol. The average molecular weight is 291 g/mol. The fourth-order valence-electron chi connectivity index (χ4n) is 2.94. The maximum atomic E-state index is 12.1. The van der Waals surface area contributed by atoms with Crippen molar-refractivity contribution >= 4 is 11.9 Å². The number of phenolic OH excluding ortho intramolecular Hbond substituents is 1. The molecular formula is C16H21NO4. The van der Waals surface area contributed by atoms with E-state index in [2.05, 4.69) is 5.32 Å². The number of nitrogens with one attached hydrogen (secondary N) is 1. The molecule has 3 N–H and O–H groups in total. The maximum Gasteiger partial charge on any atom is 0.306 e. The van der Waals surface area contributed by atoms with Crippen LogP contribution >= 0.6 is 0 Å². The van der Waals surface area contributed by atoms with Gasteiger partial charge in [-0.1, -0.05) is 25.0 Å². The fourth-order valence-corrected chi connectivity index (χ4v) is 2.94. The number of benzene rings is 1. The molecule has 1 fully saturated rings. The number of rotatable bonds is 4. The van der Waals surface area contributed by atoms with Gasteiger partial charge in [-0.25, -0.2) is 0 Å². The molecule has 0 heterocycles. The number of phenols is 1. The van der Waals surface area contributed by atoms with Crippen molar-refractivity contribution in [2.75, 3.05) is 6.54 Å². The van der Waals surface area contributed by atoms with Crippen LogP contribution in [-0.4, -0.2) is 28.6 Å². The Bertz CT molecular complexity index is 541. The summed E-state index contributed by atoms with van der Waals surface area (Å²) in [6.45, 7) is 2.07. The van der Waals surface area contributed by atoms with Crippen LogP contribution in [0.4, 0.5) is 0 Å². The highest BCUT2D eigenvalue weighted by Gasteiger charge is 2.31. The molecule has 0 saturated heterocycles. The summed E-state index contributed by atoms with van der Waals surface area (Å²) in [6, 6.07) is 5.01. The van der Waals surface area contributed by atoms with Crippen LogP contribution in [0.3, 0.4) is 0 Å². The van der Waals surface area contributed by atoms with Crippen LogP contribution < -0.4 is 5.32 Å². The number of aryl methyl sites for hydroxylation is 1.